The maximum Gasteiger partial charge on any atom is 0.245 e. The first-order valence-corrected chi connectivity index (χ1v) is 8.57. The predicted octanol–water partition coefficient (Wildman–Crippen LogP) is 2.60. The van der Waals surface area contributed by atoms with Gasteiger partial charge in [-0.25, -0.2) is 4.52 Å². The van der Waals surface area contributed by atoms with Gasteiger partial charge in [0.2, 0.25) is 5.95 Å². The van der Waals surface area contributed by atoms with Crippen LogP contribution in [0.5, 0.6) is 0 Å². The number of fused-ring (bicyclic) bond motifs is 3. The number of rotatable bonds is 3. The molecule has 2 unspecified atom stereocenters. The Labute approximate surface area is 132 Å². The highest BCUT2D eigenvalue weighted by Gasteiger charge is 2.36. The average molecular weight is 350 g/mol. The van der Waals surface area contributed by atoms with Gasteiger partial charge in [-0.15, -0.1) is 5.10 Å². The molecule has 21 heavy (non-hydrogen) atoms. The molecule has 2 aromatic heterocycles. The second-order valence-electron chi connectivity index (χ2n) is 6.09. The number of pyridine rings is 1. The quantitative estimate of drug-likeness (QED) is 0.924. The summed E-state index contributed by atoms with van der Waals surface area (Å²) < 4.78 is 2.85. The van der Waals surface area contributed by atoms with Crippen molar-refractivity contribution in [2.75, 3.05) is 11.4 Å². The third-order valence-electron chi connectivity index (χ3n) is 4.79. The van der Waals surface area contributed by atoms with E-state index in [1.54, 1.807) is 0 Å². The number of piperidine rings is 1. The van der Waals surface area contributed by atoms with E-state index in [2.05, 4.69) is 38.2 Å². The number of nitrogens with zero attached hydrogens (tertiary/aromatic N) is 4. The van der Waals surface area contributed by atoms with Gasteiger partial charge >= 0.3 is 0 Å². The average Bonchev–Trinajstić information content (AvgIpc) is 3.04. The van der Waals surface area contributed by atoms with Gasteiger partial charge in [-0.1, -0.05) is 0 Å². The molecule has 4 heterocycles. The van der Waals surface area contributed by atoms with Crippen LogP contribution in [0.4, 0.5) is 5.95 Å². The monoisotopic (exact) mass is 349 g/mol. The van der Waals surface area contributed by atoms with E-state index in [1.165, 1.54) is 25.7 Å². The van der Waals surface area contributed by atoms with E-state index in [-0.39, 0.29) is 0 Å². The van der Waals surface area contributed by atoms with Crippen LogP contribution in [0.1, 0.15) is 32.6 Å². The summed E-state index contributed by atoms with van der Waals surface area (Å²) in [7, 11) is 0. The molecule has 4 rings (SSSR count). The molecule has 0 aliphatic carbocycles. The standard InChI is InChI=1S/C15H20BrN5/c1-2-20(12-8-10-5-6-11(9-12)17-10)15-18-14-13(16)4-3-7-21(14)19-15/h3-4,7,10-12,17H,2,5-6,8-9H2,1H3. The van der Waals surface area contributed by atoms with Crippen LogP contribution < -0.4 is 10.2 Å². The number of nitrogens with one attached hydrogen (secondary N) is 1. The van der Waals surface area contributed by atoms with Crippen molar-refractivity contribution in [1.82, 2.24) is 19.9 Å². The van der Waals surface area contributed by atoms with Crippen LogP contribution in [0.3, 0.4) is 0 Å². The SMILES string of the molecule is CCN(c1nc2c(Br)cccn2n1)C1CC2CCC(C1)N2. The molecule has 2 fully saturated rings. The molecule has 0 spiro atoms. The first kappa shape index (κ1) is 13.5. The number of hydrogen-bond acceptors (Lipinski definition) is 4. The van der Waals surface area contributed by atoms with Gasteiger partial charge < -0.3 is 10.2 Å². The summed E-state index contributed by atoms with van der Waals surface area (Å²) >= 11 is 3.55. The molecule has 0 saturated carbocycles. The summed E-state index contributed by atoms with van der Waals surface area (Å²) in [6.07, 6.45) is 7.02. The lowest BCUT2D eigenvalue weighted by atomic mass is 9.98. The van der Waals surface area contributed by atoms with Crippen molar-refractivity contribution >= 4 is 27.5 Å². The molecule has 2 bridgehead atoms. The minimum atomic E-state index is 0.560. The number of halogens is 1. The van der Waals surface area contributed by atoms with Crippen LogP contribution in [0, 0.1) is 0 Å². The summed E-state index contributed by atoms with van der Waals surface area (Å²) in [4.78, 5) is 7.12. The minimum absolute atomic E-state index is 0.560. The van der Waals surface area contributed by atoms with E-state index >= 15 is 0 Å². The molecule has 5 nitrogen and oxygen atoms in total. The first-order valence-electron chi connectivity index (χ1n) is 7.78. The lowest BCUT2D eigenvalue weighted by Gasteiger charge is -2.36. The molecular formula is C15H20BrN5. The third-order valence-corrected chi connectivity index (χ3v) is 5.41. The summed E-state index contributed by atoms with van der Waals surface area (Å²) in [5.74, 6) is 0.857. The number of aromatic nitrogens is 3. The van der Waals surface area contributed by atoms with Crippen LogP contribution in [0.2, 0.25) is 0 Å². The van der Waals surface area contributed by atoms with Crippen LogP contribution >= 0.6 is 15.9 Å². The molecule has 2 aliphatic heterocycles. The first-order chi connectivity index (χ1) is 10.2. The normalized spacial score (nSPS) is 28.2. The Balaban J connectivity index is 1.66. The molecule has 0 radical (unpaired) electrons. The minimum Gasteiger partial charge on any atom is -0.337 e. The van der Waals surface area contributed by atoms with Gasteiger partial charge in [-0.05, 0) is 60.7 Å². The fourth-order valence-electron chi connectivity index (χ4n) is 3.83. The Morgan fingerprint density at radius 1 is 1.38 bits per heavy atom. The number of anilines is 1. The topological polar surface area (TPSA) is 45.5 Å². The maximum absolute atomic E-state index is 4.74. The Hall–Kier alpha value is -1.14. The van der Waals surface area contributed by atoms with E-state index in [0.29, 0.717) is 18.1 Å². The molecule has 2 atom stereocenters. The summed E-state index contributed by atoms with van der Waals surface area (Å²) in [6.45, 7) is 3.16. The molecular weight excluding hydrogens is 330 g/mol. The second kappa shape index (κ2) is 5.25. The molecule has 2 saturated heterocycles. The van der Waals surface area contributed by atoms with E-state index in [0.717, 1.165) is 22.6 Å². The van der Waals surface area contributed by atoms with Gasteiger partial charge in [0.25, 0.3) is 0 Å². The van der Waals surface area contributed by atoms with Crippen LogP contribution in [-0.2, 0) is 0 Å². The van der Waals surface area contributed by atoms with Crippen molar-refractivity contribution in [2.45, 2.75) is 50.7 Å². The molecule has 1 N–H and O–H groups in total. The van der Waals surface area contributed by atoms with Gasteiger partial charge in [0.15, 0.2) is 5.65 Å². The van der Waals surface area contributed by atoms with Crippen molar-refractivity contribution in [1.29, 1.82) is 0 Å². The highest BCUT2D eigenvalue weighted by atomic mass is 79.9. The molecule has 6 heteroatoms. The zero-order valence-electron chi connectivity index (χ0n) is 12.2. The summed E-state index contributed by atoms with van der Waals surface area (Å²) in [5.41, 5.74) is 0.892. The zero-order valence-corrected chi connectivity index (χ0v) is 13.8. The highest BCUT2D eigenvalue weighted by Crippen LogP contribution is 2.31. The molecule has 2 aliphatic rings. The van der Waals surface area contributed by atoms with E-state index < -0.39 is 0 Å². The van der Waals surface area contributed by atoms with Crippen molar-refractivity contribution in [3.8, 4) is 0 Å². The largest absolute Gasteiger partial charge is 0.337 e. The molecule has 112 valence electrons. The lowest BCUT2D eigenvalue weighted by molar-refractivity contribution is 0.347. The Bertz CT molecular complexity index is 643. The van der Waals surface area contributed by atoms with Gasteiger partial charge in [0.05, 0.1) is 4.47 Å². The second-order valence-corrected chi connectivity index (χ2v) is 6.94. The summed E-state index contributed by atoms with van der Waals surface area (Å²) in [5, 5.41) is 8.38. The van der Waals surface area contributed by atoms with Gasteiger partial charge in [0.1, 0.15) is 0 Å². The fourth-order valence-corrected chi connectivity index (χ4v) is 4.25. The van der Waals surface area contributed by atoms with E-state index in [9.17, 15) is 0 Å². The van der Waals surface area contributed by atoms with Crippen molar-refractivity contribution in [2.24, 2.45) is 0 Å². The molecule has 0 amide bonds. The van der Waals surface area contributed by atoms with E-state index in [4.69, 9.17) is 4.98 Å². The lowest BCUT2D eigenvalue weighted by Crippen LogP contribution is -2.48. The zero-order chi connectivity index (χ0) is 14.4. The fraction of sp³-hybridized carbons (Fsp3) is 0.600. The number of hydrogen-bond donors (Lipinski definition) is 1. The predicted molar refractivity (Wildman–Crippen MR) is 86.7 cm³/mol. The van der Waals surface area contributed by atoms with Gasteiger partial charge in [-0.2, -0.15) is 4.98 Å². The van der Waals surface area contributed by atoms with Crippen molar-refractivity contribution in [3.05, 3.63) is 22.8 Å². The Kier molecular flexibility index (Phi) is 3.38. The van der Waals surface area contributed by atoms with Crippen LogP contribution in [0.15, 0.2) is 22.8 Å². The molecule has 2 aromatic rings. The van der Waals surface area contributed by atoms with Crippen molar-refractivity contribution < 1.29 is 0 Å². The Morgan fingerprint density at radius 2 is 2.14 bits per heavy atom. The van der Waals surface area contributed by atoms with Crippen molar-refractivity contribution in [3.63, 3.8) is 0 Å². The molecule has 0 aromatic carbocycles. The summed E-state index contributed by atoms with van der Waals surface area (Å²) in [6, 6.07) is 5.92. The van der Waals surface area contributed by atoms with E-state index in [1.807, 2.05) is 22.8 Å². The third kappa shape index (κ3) is 2.34. The maximum atomic E-state index is 4.74. The van der Waals surface area contributed by atoms with Crippen LogP contribution in [0.25, 0.3) is 5.65 Å². The van der Waals surface area contributed by atoms with Gasteiger partial charge in [-0.3, -0.25) is 0 Å². The smallest absolute Gasteiger partial charge is 0.245 e. The van der Waals surface area contributed by atoms with Gasteiger partial charge in [0, 0.05) is 30.9 Å². The highest BCUT2D eigenvalue weighted by molar-refractivity contribution is 9.10. The Morgan fingerprint density at radius 3 is 2.81 bits per heavy atom. The van der Waals surface area contributed by atoms with Crippen LogP contribution in [-0.4, -0.2) is 39.3 Å².